The van der Waals surface area contributed by atoms with Gasteiger partial charge in [-0.3, -0.25) is 14.4 Å². The van der Waals surface area contributed by atoms with Gasteiger partial charge in [-0.2, -0.15) is 5.26 Å². The number of carbonyl (C=O) groups excluding carboxylic acids is 3. The minimum absolute atomic E-state index is 0.00654. The number of carbonyl (C=O) groups is 3. The Morgan fingerprint density at radius 1 is 1.30 bits per heavy atom. The van der Waals surface area contributed by atoms with Crippen molar-refractivity contribution in [3.8, 4) is 6.07 Å². The molecule has 0 aliphatic carbocycles. The first-order valence-electron chi connectivity index (χ1n) is 12.0. The summed E-state index contributed by atoms with van der Waals surface area (Å²) in [6.45, 7) is 3.84. The van der Waals surface area contributed by atoms with Crippen molar-refractivity contribution in [3.05, 3.63) is 64.6 Å². The Morgan fingerprint density at radius 2 is 2.08 bits per heavy atom. The van der Waals surface area contributed by atoms with Crippen molar-refractivity contribution in [2.75, 3.05) is 11.9 Å². The van der Waals surface area contributed by atoms with Crippen molar-refractivity contribution in [2.45, 2.75) is 44.2 Å². The average Bonchev–Trinajstić information content (AvgIpc) is 3.53. The van der Waals surface area contributed by atoms with Crippen LogP contribution in [-0.4, -0.2) is 46.2 Å². The lowest BCUT2D eigenvalue weighted by molar-refractivity contribution is -0.134. The van der Waals surface area contributed by atoms with Crippen LogP contribution in [0.3, 0.4) is 0 Å². The summed E-state index contributed by atoms with van der Waals surface area (Å²) in [4.78, 5) is 44.3. The predicted molar refractivity (Wildman–Crippen MR) is 136 cm³/mol. The number of rotatable bonds is 5. The first-order chi connectivity index (χ1) is 17.6. The summed E-state index contributed by atoms with van der Waals surface area (Å²) in [5.74, 6) is -1.70. The molecular formula is C27H25ClFN5O3. The molecule has 37 heavy (non-hydrogen) atoms. The van der Waals surface area contributed by atoms with Crippen molar-refractivity contribution in [1.82, 2.24) is 15.2 Å². The lowest BCUT2D eigenvalue weighted by atomic mass is 9.80. The fourth-order valence-corrected chi connectivity index (χ4v) is 5.56. The van der Waals surface area contributed by atoms with Crippen LogP contribution >= 0.6 is 11.6 Å². The van der Waals surface area contributed by atoms with Gasteiger partial charge in [-0.15, -0.1) is 0 Å². The van der Waals surface area contributed by atoms with Gasteiger partial charge in [0.1, 0.15) is 23.6 Å². The second kappa shape index (κ2) is 9.20. The van der Waals surface area contributed by atoms with E-state index in [9.17, 15) is 24.0 Å². The maximum absolute atomic E-state index is 14.1. The molecule has 0 bridgehead atoms. The van der Waals surface area contributed by atoms with E-state index in [1.54, 1.807) is 24.3 Å². The maximum Gasteiger partial charge on any atom is 0.268 e. The van der Waals surface area contributed by atoms with Gasteiger partial charge < -0.3 is 20.5 Å². The van der Waals surface area contributed by atoms with Crippen LogP contribution in [0.15, 0.2) is 42.5 Å². The van der Waals surface area contributed by atoms with Gasteiger partial charge >= 0.3 is 0 Å². The van der Waals surface area contributed by atoms with Crippen LogP contribution in [0.5, 0.6) is 0 Å². The van der Waals surface area contributed by atoms with Gasteiger partial charge in [-0.25, -0.2) is 4.39 Å². The van der Waals surface area contributed by atoms with Gasteiger partial charge in [-0.05, 0) is 48.2 Å². The number of nitrogens with zero attached hydrogens (tertiary/aromatic N) is 2. The van der Waals surface area contributed by atoms with E-state index < -0.39 is 35.1 Å². The lowest BCUT2D eigenvalue weighted by Crippen LogP contribution is -2.51. The molecule has 0 unspecified atom stereocenters. The molecule has 2 aliphatic rings. The first-order valence-corrected chi connectivity index (χ1v) is 12.4. The van der Waals surface area contributed by atoms with Crippen LogP contribution in [0, 0.1) is 23.1 Å². The molecule has 0 radical (unpaired) electrons. The molecule has 1 spiro atoms. The molecule has 3 N–H and O–H groups in total. The Kier molecular flexibility index (Phi) is 6.16. The summed E-state index contributed by atoms with van der Waals surface area (Å²) in [6, 6.07) is 11.4. The van der Waals surface area contributed by atoms with Crippen molar-refractivity contribution >= 4 is 45.9 Å². The number of amides is 3. The van der Waals surface area contributed by atoms with E-state index in [4.69, 9.17) is 11.6 Å². The van der Waals surface area contributed by atoms with E-state index in [0.29, 0.717) is 28.2 Å². The van der Waals surface area contributed by atoms with Crippen molar-refractivity contribution in [1.29, 1.82) is 5.26 Å². The number of hydrogen-bond donors (Lipinski definition) is 3. The number of halogens is 2. The number of nitrogens with one attached hydrogen (secondary N) is 3. The Labute approximate surface area is 217 Å². The van der Waals surface area contributed by atoms with Gasteiger partial charge in [-0.1, -0.05) is 37.6 Å². The molecule has 190 valence electrons. The number of nitriles is 1. The first kappa shape index (κ1) is 24.8. The Morgan fingerprint density at radius 3 is 2.78 bits per heavy atom. The summed E-state index contributed by atoms with van der Waals surface area (Å²) in [6.07, 6.45) is 0.457. The van der Waals surface area contributed by atoms with Gasteiger partial charge in [0, 0.05) is 34.6 Å². The van der Waals surface area contributed by atoms with E-state index in [1.165, 1.54) is 23.1 Å². The highest BCUT2D eigenvalue weighted by Crippen LogP contribution is 2.47. The van der Waals surface area contributed by atoms with Gasteiger partial charge in [0.15, 0.2) is 0 Å². The molecule has 1 aromatic heterocycles. The third kappa shape index (κ3) is 4.21. The second-order valence-electron chi connectivity index (χ2n) is 10.1. The van der Waals surface area contributed by atoms with Crippen molar-refractivity contribution in [3.63, 3.8) is 0 Å². The van der Waals surface area contributed by atoms with Crippen LogP contribution < -0.4 is 10.6 Å². The molecule has 8 nitrogen and oxygen atoms in total. The highest BCUT2D eigenvalue weighted by molar-refractivity contribution is 6.31. The average molecular weight is 522 g/mol. The van der Waals surface area contributed by atoms with Crippen molar-refractivity contribution < 1.29 is 18.8 Å². The number of likely N-dealkylation sites (tertiary alicyclic amines) is 1. The van der Waals surface area contributed by atoms with E-state index in [2.05, 4.69) is 21.7 Å². The molecule has 3 atom stereocenters. The fraction of sp³-hybridized carbons (Fsp3) is 0.333. The van der Waals surface area contributed by atoms with E-state index in [0.717, 1.165) is 0 Å². The Bertz CT molecular complexity index is 1480. The highest BCUT2D eigenvalue weighted by atomic mass is 35.5. The molecular weight excluding hydrogens is 497 g/mol. The van der Waals surface area contributed by atoms with E-state index in [-0.39, 0.29) is 35.9 Å². The summed E-state index contributed by atoms with van der Waals surface area (Å²) in [5, 5.41) is 16.3. The molecule has 5 rings (SSSR count). The summed E-state index contributed by atoms with van der Waals surface area (Å²) < 4.78 is 14.1. The number of fused-ring (bicyclic) bond motifs is 3. The standard InChI is InChI=1S/C27H25ClFN5O3/c1-14(2)8-23(32-24(35)22-10-17-19(29)4-3-5-20(17)31-22)25(36)34-13-27(11-16(34)12-30)18-7-6-15(28)9-21(18)33-26(27)37/h3-7,9-10,14,16,23,31H,8,11,13H2,1-2H3,(H,32,35)(H,33,37)/t16-,23-,27-/m0/s1. The molecule has 2 aliphatic heterocycles. The molecule has 3 aromatic rings. The van der Waals surface area contributed by atoms with Crippen LogP contribution in [0.2, 0.25) is 5.02 Å². The zero-order chi connectivity index (χ0) is 26.5. The monoisotopic (exact) mass is 521 g/mol. The third-order valence-corrected chi connectivity index (χ3v) is 7.37. The van der Waals surface area contributed by atoms with Crippen LogP contribution in [0.1, 0.15) is 42.7 Å². The van der Waals surface area contributed by atoms with E-state index >= 15 is 0 Å². The molecule has 3 amide bonds. The Hall–Kier alpha value is -3.90. The van der Waals surface area contributed by atoms with Crippen LogP contribution in [0.25, 0.3) is 10.9 Å². The fourth-order valence-electron chi connectivity index (χ4n) is 5.38. The topological polar surface area (TPSA) is 118 Å². The minimum Gasteiger partial charge on any atom is -0.350 e. The zero-order valence-corrected chi connectivity index (χ0v) is 21.0. The third-order valence-electron chi connectivity index (χ3n) is 7.14. The number of benzene rings is 2. The number of anilines is 1. The molecule has 2 aromatic carbocycles. The maximum atomic E-state index is 14.1. The van der Waals surface area contributed by atoms with E-state index in [1.807, 2.05) is 13.8 Å². The molecule has 0 saturated carbocycles. The summed E-state index contributed by atoms with van der Waals surface area (Å²) in [5.41, 5.74) is 0.784. The number of H-pyrrole nitrogens is 1. The normalized spacial score (nSPS) is 21.2. The SMILES string of the molecule is CC(C)C[C@H](NC(=O)c1cc2c(F)cccc2[nH]1)C(=O)N1C[C@]2(C[C@H]1C#N)C(=O)Nc1cc(Cl)ccc12. The van der Waals surface area contributed by atoms with Gasteiger partial charge in [0.2, 0.25) is 11.8 Å². The lowest BCUT2D eigenvalue weighted by Gasteiger charge is -2.28. The molecule has 10 heteroatoms. The summed E-state index contributed by atoms with van der Waals surface area (Å²) >= 11 is 6.09. The summed E-state index contributed by atoms with van der Waals surface area (Å²) in [7, 11) is 0. The van der Waals surface area contributed by atoms with Gasteiger partial charge in [0.25, 0.3) is 5.91 Å². The van der Waals surface area contributed by atoms with Gasteiger partial charge in [0.05, 0.1) is 11.5 Å². The molecule has 1 saturated heterocycles. The van der Waals surface area contributed by atoms with Crippen molar-refractivity contribution in [2.24, 2.45) is 5.92 Å². The zero-order valence-electron chi connectivity index (χ0n) is 20.3. The predicted octanol–water partition coefficient (Wildman–Crippen LogP) is 4.12. The number of aromatic nitrogens is 1. The smallest absolute Gasteiger partial charge is 0.268 e. The number of hydrogen-bond acceptors (Lipinski definition) is 4. The van der Waals surface area contributed by atoms with Crippen LogP contribution in [-0.2, 0) is 15.0 Å². The minimum atomic E-state index is -1.07. The largest absolute Gasteiger partial charge is 0.350 e. The quantitative estimate of drug-likeness (QED) is 0.468. The Balaban J connectivity index is 1.43. The molecule has 3 heterocycles. The molecule has 1 fully saturated rings. The number of aromatic amines is 1. The van der Waals surface area contributed by atoms with Crippen LogP contribution in [0.4, 0.5) is 10.1 Å². The second-order valence-corrected chi connectivity index (χ2v) is 10.5. The highest BCUT2D eigenvalue weighted by Gasteiger charge is 2.56.